The van der Waals surface area contributed by atoms with Crippen LogP contribution in [0.3, 0.4) is 0 Å². The van der Waals surface area contributed by atoms with Gasteiger partial charge in [-0.3, -0.25) is 4.98 Å². The summed E-state index contributed by atoms with van der Waals surface area (Å²) < 4.78 is 7.97. The van der Waals surface area contributed by atoms with Gasteiger partial charge in [0.15, 0.2) is 0 Å². The zero-order valence-electron chi connectivity index (χ0n) is 11.0. The van der Waals surface area contributed by atoms with E-state index in [0.29, 0.717) is 19.3 Å². The number of pyridine rings is 1. The number of hydrogen-bond acceptors (Lipinski definition) is 4. The first-order valence-corrected chi connectivity index (χ1v) is 6.60. The van der Waals surface area contributed by atoms with E-state index < -0.39 is 0 Å². The van der Waals surface area contributed by atoms with Crippen molar-refractivity contribution >= 4 is 0 Å². The van der Waals surface area contributed by atoms with Gasteiger partial charge in [0.1, 0.15) is 5.82 Å². The summed E-state index contributed by atoms with van der Waals surface area (Å²) in [6.45, 7) is 5.20. The molecule has 0 amide bonds. The van der Waals surface area contributed by atoms with Crippen LogP contribution in [0.25, 0.3) is 0 Å². The highest BCUT2D eigenvalue weighted by Gasteiger charge is 2.19. The van der Waals surface area contributed by atoms with Gasteiger partial charge in [-0.15, -0.1) is 0 Å². The molecule has 0 bridgehead atoms. The summed E-state index contributed by atoms with van der Waals surface area (Å²) in [6, 6.07) is 6.17. The first kappa shape index (κ1) is 12.3. The molecule has 1 unspecified atom stereocenters. The van der Waals surface area contributed by atoms with Gasteiger partial charge in [-0.25, -0.2) is 4.98 Å². The van der Waals surface area contributed by atoms with Crippen LogP contribution in [0.15, 0.2) is 30.6 Å². The molecule has 0 radical (unpaired) electrons. The summed E-state index contributed by atoms with van der Waals surface area (Å²) in [5.74, 6) is 1.10. The number of fused-ring (bicyclic) bond motifs is 1. The molecule has 0 fully saturated rings. The molecular weight excluding hydrogens is 240 g/mol. The molecule has 0 spiro atoms. The number of hydrogen-bond donors (Lipinski definition) is 1. The van der Waals surface area contributed by atoms with Crippen LogP contribution in [0.2, 0.25) is 0 Å². The SMILES string of the molecule is CC1NCCn2c(COCc3ccccn3)cnc21. The Kier molecular flexibility index (Phi) is 3.57. The average molecular weight is 258 g/mol. The zero-order valence-corrected chi connectivity index (χ0v) is 11.0. The number of rotatable bonds is 4. The van der Waals surface area contributed by atoms with E-state index in [-0.39, 0.29) is 0 Å². The van der Waals surface area contributed by atoms with Crippen LogP contribution in [0, 0.1) is 0 Å². The first-order chi connectivity index (χ1) is 9.34. The van der Waals surface area contributed by atoms with E-state index in [1.165, 1.54) is 0 Å². The van der Waals surface area contributed by atoms with Crippen molar-refractivity contribution < 1.29 is 4.74 Å². The van der Waals surface area contributed by atoms with Crippen LogP contribution in [0.5, 0.6) is 0 Å². The fraction of sp³-hybridized carbons (Fsp3) is 0.429. The molecule has 1 atom stereocenters. The third-order valence-corrected chi connectivity index (χ3v) is 3.37. The van der Waals surface area contributed by atoms with E-state index in [2.05, 4.69) is 26.8 Å². The molecule has 0 saturated carbocycles. The Balaban J connectivity index is 1.62. The third kappa shape index (κ3) is 2.67. The van der Waals surface area contributed by atoms with Crippen molar-refractivity contribution in [2.24, 2.45) is 0 Å². The molecule has 5 nitrogen and oxygen atoms in total. The van der Waals surface area contributed by atoms with Crippen LogP contribution < -0.4 is 5.32 Å². The van der Waals surface area contributed by atoms with Crippen molar-refractivity contribution in [2.45, 2.75) is 32.7 Å². The Morgan fingerprint density at radius 2 is 2.32 bits per heavy atom. The van der Waals surface area contributed by atoms with Gasteiger partial charge < -0.3 is 14.6 Å². The number of ether oxygens (including phenoxy) is 1. The van der Waals surface area contributed by atoms with E-state index in [1.54, 1.807) is 6.20 Å². The maximum Gasteiger partial charge on any atom is 0.125 e. The highest BCUT2D eigenvalue weighted by Crippen LogP contribution is 2.18. The fourth-order valence-corrected chi connectivity index (χ4v) is 2.37. The smallest absolute Gasteiger partial charge is 0.125 e. The number of aromatic nitrogens is 3. The summed E-state index contributed by atoms with van der Waals surface area (Å²) in [5, 5.41) is 3.40. The second-order valence-corrected chi connectivity index (χ2v) is 4.75. The number of nitrogens with one attached hydrogen (secondary N) is 1. The van der Waals surface area contributed by atoms with Crippen LogP contribution >= 0.6 is 0 Å². The maximum absolute atomic E-state index is 5.72. The van der Waals surface area contributed by atoms with Gasteiger partial charge in [-0.1, -0.05) is 6.07 Å². The normalized spacial score (nSPS) is 18.3. The molecule has 0 aliphatic carbocycles. The molecule has 1 aliphatic rings. The summed E-state index contributed by atoms with van der Waals surface area (Å²) in [5.41, 5.74) is 2.09. The van der Waals surface area contributed by atoms with Gasteiger partial charge in [0.05, 0.1) is 36.8 Å². The minimum absolute atomic E-state index is 0.318. The van der Waals surface area contributed by atoms with Crippen LogP contribution in [0.4, 0.5) is 0 Å². The second-order valence-electron chi connectivity index (χ2n) is 4.75. The van der Waals surface area contributed by atoms with E-state index in [9.17, 15) is 0 Å². The molecule has 5 heteroatoms. The zero-order chi connectivity index (χ0) is 13.1. The molecule has 3 heterocycles. The van der Waals surface area contributed by atoms with Crippen LogP contribution in [-0.2, 0) is 24.5 Å². The number of nitrogens with zero attached hydrogens (tertiary/aromatic N) is 3. The minimum Gasteiger partial charge on any atom is -0.369 e. The van der Waals surface area contributed by atoms with Gasteiger partial charge in [-0.2, -0.15) is 0 Å². The van der Waals surface area contributed by atoms with Gasteiger partial charge >= 0.3 is 0 Å². The lowest BCUT2D eigenvalue weighted by Gasteiger charge is -2.23. The summed E-state index contributed by atoms with van der Waals surface area (Å²) in [6.07, 6.45) is 3.70. The Labute approximate surface area is 112 Å². The highest BCUT2D eigenvalue weighted by molar-refractivity contribution is 5.10. The summed E-state index contributed by atoms with van der Waals surface area (Å²) in [4.78, 5) is 8.71. The third-order valence-electron chi connectivity index (χ3n) is 3.37. The molecule has 0 saturated heterocycles. The molecule has 100 valence electrons. The monoisotopic (exact) mass is 258 g/mol. The molecule has 2 aromatic rings. The van der Waals surface area contributed by atoms with E-state index in [0.717, 1.165) is 30.3 Å². The standard InChI is InChI=1S/C14H18N4O/c1-11-14-17-8-13(18(14)7-6-15-11)10-19-9-12-4-2-3-5-16-12/h2-5,8,11,15H,6-7,9-10H2,1H3. The molecule has 1 N–H and O–H groups in total. The van der Waals surface area contributed by atoms with Gasteiger partial charge in [-0.05, 0) is 19.1 Å². The second kappa shape index (κ2) is 5.50. The quantitative estimate of drug-likeness (QED) is 0.906. The first-order valence-electron chi connectivity index (χ1n) is 6.60. The van der Waals surface area contributed by atoms with E-state index in [1.807, 2.05) is 24.4 Å². The average Bonchev–Trinajstić information content (AvgIpc) is 2.85. The molecule has 2 aromatic heterocycles. The lowest BCUT2D eigenvalue weighted by atomic mass is 10.2. The van der Waals surface area contributed by atoms with Crippen LogP contribution in [-0.4, -0.2) is 21.1 Å². The van der Waals surface area contributed by atoms with Gasteiger partial charge in [0, 0.05) is 19.3 Å². The highest BCUT2D eigenvalue weighted by atomic mass is 16.5. The molecule has 1 aliphatic heterocycles. The minimum atomic E-state index is 0.318. The van der Waals surface area contributed by atoms with E-state index in [4.69, 9.17) is 4.74 Å². The topological polar surface area (TPSA) is 52.0 Å². The van der Waals surface area contributed by atoms with Crippen molar-refractivity contribution in [3.63, 3.8) is 0 Å². The van der Waals surface area contributed by atoms with Crippen molar-refractivity contribution in [2.75, 3.05) is 6.54 Å². The Hall–Kier alpha value is -1.72. The molecular formula is C14H18N4O. The molecule has 0 aromatic carbocycles. The fourth-order valence-electron chi connectivity index (χ4n) is 2.37. The van der Waals surface area contributed by atoms with Gasteiger partial charge in [0.25, 0.3) is 0 Å². The lowest BCUT2D eigenvalue weighted by Crippen LogP contribution is -2.32. The predicted octanol–water partition coefficient (Wildman–Crippen LogP) is 1.66. The Bertz CT molecular complexity index is 538. The molecule has 19 heavy (non-hydrogen) atoms. The predicted molar refractivity (Wildman–Crippen MR) is 71.4 cm³/mol. The summed E-state index contributed by atoms with van der Waals surface area (Å²) in [7, 11) is 0. The van der Waals surface area contributed by atoms with Crippen LogP contribution in [0.1, 0.15) is 30.2 Å². The Morgan fingerprint density at radius 1 is 1.37 bits per heavy atom. The van der Waals surface area contributed by atoms with Crippen molar-refractivity contribution in [3.05, 3.63) is 47.8 Å². The van der Waals surface area contributed by atoms with Gasteiger partial charge in [0.2, 0.25) is 0 Å². The maximum atomic E-state index is 5.72. The van der Waals surface area contributed by atoms with Crippen molar-refractivity contribution in [1.82, 2.24) is 19.9 Å². The largest absolute Gasteiger partial charge is 0.369 e. The molecule has 3 rings (SSSR count). The van der Waals surface area contributed by atoms with Crippen molar-refractivity contribution in [3.8, 4) is 0 Å². The summed E-state index contributed by atoms with van der Waals surface area (Å²) >= 11 is 0. The van der Waals surface area contributed by atoms with E-state index >= 15 is 0 Å². The lowest BCUT2D eigenvalue weighted by molar-refractivity contribution is 0.0989. The number of imidazole rings is 1. The van der Waals surface area contributed by atoms with Crippen molar-refractivity contribution in [1.29, 1.82) is 0 Å². The Morgan fingerprint density at radius 3 is 3.16 bits per heavy atom.